The zero-order valence-electron chi connectivity index (χ0n) is 21.3. The summed E-state index contributed by atoms with van der Waals surface area (Å²) in [5.74, 6) is -10.2. The Morgan fingerprint density at radius 2 is 1.85 bits per heavy atom. The van der Waals surface area contributed by atoms with Crippen LogP contribution in [0.4, 0.5) is 22.0 Å². The molecular formula is C23H26F5N2O9P. The number of hydrogen-bond acceptors (Lipinski definition) is 9. The molecule has 2 aliphatic rings. The van der Waals surface area contributed by atoms with Crippen LogP contribution in [0.5, 0.6) is 5.75 Å². The van der Waals surface area contributed by atoms with Gasteiger partial charge in [0.2, 0.25) is 17.3 Å². The number of nitrogens with zero attached hydrogens (tertiary/aromatic N) is 1. The molecule has 40 heavy (non-hydrogen) atoms. The summed E-state index contributed by atoms with van der Waals surface area (Å²) in [6.07, 6.45) is -11.5. The topological polar surface area (TPSA) is 141 Å². The Morgan fingerprint density at radius 3 is 2.42 bits per heavy atom. The van der Waals surface area contributed by atoms with Crippen molar-refractivity contribution >= 4 is 25.4 Å². The fourth-order valence-electron chi connectivity index (χ4n) is 3.70. The van der Waals surface area contributed by atoms with Gasteiger partial charge in [-0.2, -0.15) is 13.9 Å². The number of aliphatic hydroxyl groups is 1. The Balaban J connectivity index is 1.94. The second-order valence-corrected chi connectivity index (χ2v) is 10.8. The van der Waals surface area contributed by atoms with Crippen molar-refractivity contribution in [3.05, 3.63) is 42.4 Å². The third-order valence-corrected chi connectivity index (χ3v) is 7.38. The highest BCUT2D eigenvalue weighted by atomic mass is 31.2. The predicted octanol–water partition coefficient (Wildman–Crippen LogP) is 3.09. The molecule has 2 heterocycles. The van der Waals surface area contributed by atoms with E-state index in [1.807, 2.05) is 0 Å². The number of aliphatic hydroxyl groups excluding tert-OH is 1. The summed E-state index contributed by atoms with van der Waals surface area (Å²) in [6, 6.07) is 5.48. The molecule has 1 fully saturated rings. The van der Waals surface area contributed by atoms with Crippen LogP contribution in [0.25, 0.3) is 0 Å². The maximum atomic E-state index is 15.3. The second-order valence-electron chi connectivity index (χ2n) is 9.16. The molecule has 0 spiro atoms. The largest absolute Gasteiger partial charge is 0.462 e. The molecule has 0 bridgehead atoms. The Morgan fingerprint density at radius 1 is 1.23 bits per heavy atom. The van der Waals surface area contributed by atoms with Gasteiger partial charge in [-0.1, -0.05) is 18.2 Å². The van der Waals surface area contributed by atoms with Crippen LogP contribution in [-0.4, -0.2) is 76.7 Å². The molecule has 222 valence electrons. The van der Waals surface area contributed by atoms with Crippen molar-refractivity contribution in [3.8, 4) is 5.75 Å². The number of ketones is 1. The summed E-state index contributed by atoms with van der Waals surface area (Å²) in [4.78, 5) is 35.9. The second kappa shape index (κ2) is 11.9. The average molecular weight is 600 g/mol. The van der Waals surface area contributed by atoms with Gasteiger partial charge < -0.3 is 19.1 Å². The molecule has 2 N–H and O–H groups in total. The van der Waals surface area contributed by atoms with Crippen LogP contribution >= 0.6 is 7.75 Å². The highest BCUT2D eigenvalue weighted by Crippen LogP contribution is 2.53. The number of ether oxygens (including phenoxy) is 2. The Bertz CT molecular complexity index is 1200. The van der Waals surface area contributed by atoms with Gasteiger partial charge in [0.25, 0.3) is 6.43 Å². The highest BCUT2D eigenvalue weighted by Gasteiger charge is 2.74. The molecule has 0 aliphatic carbocycles. The van der Waals surface area contributed by atoms with E-state index in [1.54, 1.807) is 6.07 Å². The maximum absolute atomic E-state index is 15.3. The number of amides is 1. The molecule has 1 saturated heterocycles. The van der Waals surface area contributed by atoms with Crippen molar-refractivity contribution in [3.63, 3.8) is 0 Å². The van der Waals surface area contributed by atoms with Gasteiger partial charge in [0.15, 0.2) is 18.2 Å². The van der Waals surface area contributed by atoms with Gasteiger partial charge in [-0.3, -0.25) is 23.8 Å². The molecule has 0 saturated carbocycles. The lowest BCUT2D eigenvalue weighted by molar-refractivity contribution is -0.243. The van der Waals surface area contributed by atoms with Gasteiger partial charge in [-0.15, -0.1) is 0 Å². The van der Waals surface area contributed by atoms with Crippen molar-refractivity contribution in [2.24, 2.45) is 0 Å². The fourth-order valence-corrected chi connectivity index (χ4v) is 5.22. The number of carbonyl (C=O) groups excluding carboxylic acids is 3. The summed E-state index contributed by atoms with van der Waals surface area (Å²) in [6.45, 7) is 2.27. The van der Waals surface area contributed by atoms with Gasteiger partial charge in [-0.05, 0) is 32.9 Å². The molecule has 1 aromatic carbocycles. The minimum atomic E-state index is -4.96. The zero-order valence-corrected chi connectivity index (χ0v) is 22.2. The number of benzene rings is 1. The van der Waals surface area contributed by atoms with Crippen molar-refractivity contribution < 1.29 is 64.5 Å². The minimum absolute atomic E-state index is 0.0573. The molecule has 17 heteroatoms. The summed E-state index contributed by atoms with van der Waals surface area (Å²) >= 11 is 0. The van der Waals surface area contributed by atoms with Crippen molar-refractivity contribution in [2.75, 3.05) is 6.61 Å². The number of nitrogens with one attached hydrogen (secondary N) is 1. The smallest absolute Gasteiger partial charge is 0.459 e. The van der Waals surface area contributed by atoms with Crippen LogP contribution in [0.2, 0.25) is 0 Å². The van der Waals surface area contributed by atoms with E-state index in [4.69, 9.17) is 18.5 Å². The maximum Gasteiger partial charge on any atom is 0.459 e. The first kappa shape index (κ1) is 31.6. The highest BCUT2D eigenvalue weighted by molar-refractivity contribution is 7.52. The predicted molar refractivity (Wildman–Crippen MR) is 125 cm³/mol. The normalized spacial score (nSPS) is 27.0. The summed E-state index contributed by atoms with van der Waals surface area (Å²) in [5.41, 5.74) is -4.05. The van der Waals surface area contributed by atoms with E-state index in [2.05, 4.69) is 5.09 Å². The monoisotopic (exact) mass is 600 g/mol. The van der Waals surface area contributed by atoms with Gasteiger partial charge in [0.05, 0.1) is 19.1 Å². The van der Waals surface area contributed by atoms with E-state index in [1.165, 1.54) is 38.1 Å². The summed E-state index contributed by atoms with van der Waals surface area (Å²) in [7, 11) is -4.96. The van der Waals surface area contributed by atoms with Crippen LogP contribution in [0.3, 0.4) is 0 Å². The lowest BCUT2D eigenvalue weighted by Crippen LogP contribution is -2.57. The average Bonchev–Trinajstić information content (AvgIpc) is 3.06. The summed E-state index contributed by atoms with van der Waals surface area (Å²) < 4.78 is 107. The molecule has 1 aromatic rings. The molecule has 1 amide bonds. The number of rotatable bonds is 11. The van der Waals surface area contributed by atoms with Gasteiger partial charge in [-0.25, -0.2) is 17.7 Å². The van der Waals surface area contributed by atoms with Crippen molar-refractivity contribution in [1.29, 1.82) is 0 Å². The Kier molecular flexibility index (Phi) is 9.41. The lowest BCUT2D eigenvalue weighted by atomic mass is 9.95. The Labute approximate surface area is 224 Å². The van der Waals surface area contributed by atoms with E-state index in [0.717, 1.165) is 6.92 Å². The van der Waals surface area contributed by atoms with Gasteiger partial charge in [0, 0.05) is 6.20 Å². The molecule has 2 aliphatic heterocycles. The third-order valence-electron chi connectivity index (χ3n) is 5.76. The SMILES string of the molecule is CC(C)OC(=O)[C@H](C)NP(=O)(OC[C@@]1(C(F)F)O[C@@H](N2C=C(F)C(=O)CC2=O)[C@H](O)C1(F)F)Oc1ccccc1. The minimum Gasteiger partial charge on any atom is -0.462 e. The first-order valence-corrected chi connectivity index (χ1v) is 13.3. The third kappa shape index (κ3) is 6.36. The first-order valence-electron chi connectivity index (χ1n) is 11.7. The van der Waals surface area contributed by atoms with Gasteiger partial charge >= 0.3 is 19.6 Å². The summed E-state index contributed by atoms with van der Waals surface area (Å²) in [5, 5.41) is 12.3. The van der Waals surface area contributed by atoms with Crippen molar-refractivity contribution in [2.45, 2.75) is 69.6 Å². The molecular weight excluding hydrogens is 574 g/mol. The van der Waals surface area contributed by atoms with E-state index in [9.17, 15) is 37.2 Å². The Hall–Kier alpha value is -2.91. The zero-order chi connectivity index (χ0) is 30.0. The number of esters is 1. The number of alkyl halides is 4. The quantitative estimate of drug-likeness (QED) is 0.169. The molecule has 11 nitrogen and oxygen atoms in total. The van der Waals surface area contributed by atoms with E-state index in [0.29, 0.717) is 0 Å². The standard InChI is InChI=1S/C23H26F5N2O9P/c1-12(2)37-20(34)13(3)29-40(35,39-14-7-5-4-6-8-14)36-11-22(21(25)26)23(27,28)18(33)19(38-22)30-10-15(24)16(31)9-17(30)32/h4-8,10,12-13,18-19,21,33H,9,11H2,1-3H3,(H,29,35)/t13-,18-,19+,22-,40?/m0/s1. The molecule has 3 rings (SSSR count). The number of para-hydroxylation sites is 1. The van der Waals surface area contributed by atoms with Crippen LogP contribution in [0.1, 0.15) is 27.2 Å². The number of allylic oxidation sites excluding steroid dienone is 1. The molecule has 0 radical (unpaired) electrons. The van der Waals surface area contributed by atoms with E-state index < -0.39 is 86.7 Å². The van der Waals surface area contributed by atoms with Gasteiger partial charge in [0.1, 0.15) is 11.8 Å². The molecule has 1 unspecified atom stereocenters. The molecule has 0 aromatic heterocycles. The van der Waals surface area contributed by atoms with E-state index >= 15 is 8.78 Å². The van der Waals surface area contributed by atoms with Crippen LogP contribution < -0.4 is 9.61 Å². The fraction of sp³-hybridized carbons (Fsp3) is 0.522. The number of carbonyl (C=O) groups is 3. The van der Waals surface area contributed by atoms with E-state index in [-0.39, 0.29) is 16.8 Å². The van der Waals surface area contributed by atoms with Crippen LogP contribution in [-0.2, 0) is 32.9 Å². The molecule has 5 atom stereocenters. The van der Waals surface area contributed by atoms with Crippen LogP contribution in [0, 0.1) is 0 Å². The van der Waals surface area contributed by atoms with Crippen molar-refractivity contribution in [1.82, 2.24) is 9.99 Å². The number of Topliss-reactive ketones (excluding diaryl/α,β-unsaturated/α-hetero) is 1. The number of halogens is 5. The first-order chi connectivity index (χ1) is 18.5. The van der Waals surface area contributed by atoms with Crippen LogP contribution in [0.15, 0.2) is 42.4 Å². The number of hydrogen-bond donors (Lipinski definition) is 2. The lowest BCUT2D eigenvalue weighted by Gasteiger charge is -2.34.